The molecule has 3 N–H and O–H groups in total. The van der Waals surface area contributed by atoms with Gasteiger partial charge >= 0.3 is 0 Å². The van der Waals surface area contributed by atoms with Gasteiger partial charge in [0.1, 0.15) is 5.54 Å². The lowest BCUT2D eigenvalue weighted by Crippen LogP contribution is -2.50. The van der Waals surface area contributed by atoms with E-state index < -0.39 is 5.54 Å². The van der Waals surface area contributed by atoms with Gasteiger partial charge in [0.25, 0.3) is 0 Å². The van der Waals surface area contributed by atoms with Crippen molar-refractivity contribution in [2.75, 3.05) is 6.54 Å². The van der Waals surface area contributed by atoms with Gasteiger partial charge < -0.3 is 11.1 Å². The topological polar surface area (TPSA) is 55.1 Å². The first-order valence-corrected chi connectivity index (χ1v) is 7.90. The van der Waals surface area contributed by atoms with Crippen LogP contribution in [0.5, 0.6) is 0 Å². The highest BCUT2D eigenvalue weighted by Crippen LogP contribution is 2.51. The molecule has 0 bridgehead atoms. The van der Waals surface area contributed by atoms with E-state index in [9.17, 15) is 4.79 Å². The number of rotatable bonds is 5. The summed E-state index contributed by atoms with van der Waals surface area (Å²) < 4.78 is 0.981. The van der Waals surface area contributed by atoms with Gasteiger partial charge in [-0.25, -0.2) is 0 Å². The fourth-order valence-electron chi connectivity index (χ4n) is 2.49. The Morgan fingerprint density at radius 3 is 2.40 bits per heavy atom. The maximum Gasteiger partial charge on any atom is 0.244 e. The summed E-state index contributed by atoms with van der Waals surface area (Å²) >= 11 is 3.39. The summed E-state index contributed by atoms with van der Waals surface area (Å²) in [5.74, 6) is 0.492. The standard InChI is InChI=1S/C16H23BrN2O/c1-11(2)16(8-9-16)10-19-14(20)15(3,18)12-4-6-13(17)7-5-12/h4-7,11H,8-10,18H2,1-3H3,(H,19,20). The van der Waals surface area contributed by atoms with E-state index in [1.165, 1.54) is 12.8 Å². The Morgan fingerprint density at radius 2 is 1.95 bits per heavy atom. The number of nitrogens with one attached hydrogen (secondary N) is 1. The predicted octanol–water partition coefficient (Wildman–Crippen LogP) is 3.18. The van der Waals surface area contributed by atoms with Gasteiger partial charge in [0, 0.05) is 11.0 Å². The number of carbonyl (C=O) groups is 1. The van der Waals surface area contributed by atoms with E-state index in [-0.39, 0.29) is 5.91 Å². The van der Waals surface area contributed by atoms with E-state index in [0.29, 0.717) is 11.3 Å². The summed E-state index contributed by atoms with van der Waals surface area (Å²) in [6, 6.07) is 7.59. The zero-order valence-electron chi connectivity index (χ0n) is 12.4. The molecule has 1 aliphatic rings. The molecule has 0 heterocycles. The number of amides is 1. The molecular weight excluding hydrogens is 316 g/mol. The Hall–Kier alpha value is -0.870. The van der Waals surface area contributed by atoms with E-state index in [1.807, 2.05) is 24.3 Å². The molecule has 1 aromatic rings. The molecule has 2 rings (SSSR count). The van der Waals surface area contributed by atoms with Crippen molar-refractivity contribution in [2.24, 2.45) is 17.1 Å². The second kappa shape index (κ2) is 5.49. The highest BCUT2D eigenvalue weighted by Gasteiger charge is 2.46. The third-order valence-electron chi connectivity index (χ3n) is 4.63. The van der Waals surface area contributed by atoms with Crippen molar-refractivity contribution < 1.29 is 4.79 Å². The van der Waals surface area contributed by atoms with E-state index >= 15 is 0 Å². The first kappa shape index (κ1) is 15.5. The van der Waals surface area contributed by atoms with Crippen molar-refractivity contribution in [1.82, 2.24) is 5.32 Å². The van der Waals surface area contributed by atoms with Crippen LogP contribution in [0.15, 0.2) is 28.7 Å². The van der Waals surface area contributed by atoms with Crippen molar-refractivity contribution in [3.05, 3.63) is 34.3 Å². The van der Waals surface area contributed by atoms with Gasteiger partial charge in [0.05, 0.1) is 0 Å². The molecule has 3 nitrogen and oxygen atoms in total. The quantitative estimate of drug-likeness (QED) is 0.866. The van der Waals surface area contributed by atoms with Gasteiger partial charge in [-0.05, 0) is 48.8 Å². The van der Waals surface area contributed by atoms with E-state index in [2.05, 4.69) is 35.1 Å². The van der Waals surface area contributed by atoms with E-state index in [1.54, 1.807) is 6.92 Å². The van der Waals surface area contributed by atoms with Gasteiger partial charge in [-0.2, -0.15) is 0 Å². The Bertz CT molecular complexity index is 490. The molecule has 1 unspecified atom stereocenters. The summed E-state index contributed by atoms with van der Waals surface area (Å²) in [6.07, 6.45) is 2.40. The lowest BCUT2D eigenvalue weighted by atomic mass is 9.90. The summed E-state index contributed by atoms with van der Waals surface area (Å²) in [5.41, 5.74) is 6.36. The van der Waals surface area contributed by atoms with Crippen LogP contribution in [0, 0.1) is 11.3 Å². The molecule has 0 saturated heterocycles. The van der Waals surface area contributed by atoms with Gasteiger partial charge in [-0.15, -0.1) is 0 Å². The van der Waals surface area contributed by atoms with Crippen LogP contribution in [-0.4, -0.2) is 12.5 Å². The van der Waals surface area contributed by atoms with Crippen LogP contribution < -0.4 is 11.1 Å². The minimum Gasteiger partial charge on any atom is -0.354 e. The Labute approximate surface area is 129 Å². The molecule has 1 aliphatic carbocycles. The Kier molecular flexibility index (Phi) is 4.26. The molecular formula is C16H23BrN2O. The molecule has 0 radical (unpaired) electrons. The second-order valence-electron chi connectivity index (χ2n) is 6.41. The largest absolute Gasteiger partial charge is 0.354 e. The molecule has 1 atom stereocenters. The number of hydrogen-bond donors (Lipinski definition) is 2. The molecule has 20 heavy (non-hydrogen) atoms. The van der Waals surface area contributed by atoms with Crippen LogP contribution in [0.2, 0.25) is 0 Å². The fraction of sp³-hybridized carbons (Fsp3) is 0.562. The predicted molar refractivity (Wildman–Crippen MR) is 85.2 cm³/mol. The lowest BCUT2D eigenvalue weighted by molar-refractivity contribution is -0.126. The van der Waals surface area contributed by atoms with Crippen LogP contribution >= 0.6 is 15.9 Å². The lowest BCUT2D eigenvalue weighted by Gasteiger charge is -2.27. The van der Waals surface area contributed by atoms with Crippen LogP contribution in [0.25, 0.3) is 0 Å². The average Bonchev–Trinajstić information content (AvgIpc) is 3.17. The summed E-state index contributed by atoms with van der Waals surface area (Å²) in [4.78, 5) is 12.4. The molecule has 1 amide bonds. The fourth-order valence-corrected chi connectivity index (χ4v) is 2.75. The smallest absolute Gasteiger partial charge is 0.244 e. The van der Waals surface area contributed by atoms with Crippen LogP contribution in [0.1, 0.15) is 39.2 Å². The van der Waals surface area contributed by atoms with Gasteiger partial charge in [0.15, 0.2) is 0 Å². The van der Waals surface area contributed by atoms with Crippen molar-refractivity contribution >= 4 is 21.8 Å². The zero-order chi connectivity index (χ0) is 15.0. The molecule has 0 aromatic heterocycles. The zero-order valence-corrected chi connectivity index (χ0v) is 14.0. The number of benzene rings is 1. The normalized spacial score (nSPS) is 19.5. The minimum atomic E-state index is -0.992. The van der Waals surface area contributed by atoms with E-state index in [0.717, 1.165) is 16.6 Å². The first-order valence-electron chi connectivity index (χ1n) is 7.11. The van der Waals surface area contributed by atoms with Crippen molar-refractivity contribution in [1.29, 1.82) is 0 Å². The summed E-state index contributed by atoms with van der Waals surface area (Å²) in [7, 11) is 0. The molecule has 0 spiro atoms. The van der Waals surface area contributed by atoms with Crippen molar-refractivity contribution in [3.63, 3.8) is 0 Å². The second-order valence-corrected chi connectivity index (χ2v) is 7.32. The van der Waals surface area contributed by atoms with Gasteiger partial charge in [0.2, 0.25) is 5.91 Å². The van der Waals surface area contributed by atoms with Gasteiger partial charge in [-0.3, -0.25) is 4.79 Å². The Morgan fingerprint density at radius 1 is 1.40 bits per heavy atom. The maximum atomic E-state index is 12.4. The van der Waals surface area contributed by atoms with Crippen LogP contribution in [-0.2, 0) is 10.3 Å². The maximum absolute atomic E-state index is 12.4. The third kappa shape index (κ3) is 3.07. The summed E-state index contributed by atoms with van der Waals surface area (Å²) in [5, 5.41) is 3.04. The summed E-state index contributed by atoms with van der Waals surface area (Å²) in [6.45, 7) is 6.93. The molecule has 1 aromatic carbocycles. The number of halogens is 1. The number of hydrogen-bond acceptors (Lipinski definition) is 2. The highest BCUT2D eigenvalue weighted by molar-refractivity contribution is 9.10. The monoisotopic (exact) mass is 338 g/mol. The van der Waals surface area contributed by atoms with Crippen molar-refractivity contribution in [2.45, 2.75) is 39.2 Å². The molecule has 110 valence electrons. The molecule has 4 heteroatoms. The first-order chi connectivity index (χ1) is 9.28. The van der Waals surface area contributed by atoms with Gasteiger partial charge in [-0.1, -0.05) is 41.9 Å². The van der Waals surface area contributed by atoms with Crippen LogP contribution in [0.4, 0.5) is 0 Å². The molecule has 1 fully saturated rings. The van der Waals surface area contributed by atoms with E-state index in [4.69, 9.17) is 5.73 Å². The SMILES string of the molecule is CC(C)C1(CNC(=O)C(C)(N)c2ccc(Br)cc2)CC1. The Balaban J connectivity index is 2.02. The highest BCUT2D eigenvalue weighted by atomic mass is 79.9. The van der Waals surface area contributed by atoms with Crippen LogP contribution in [0.3, 0.4) is 0 Å². The third-order valence-corrected chi connectivity index (χ3v) is 5.16. The molecule has 1 saturated carbocycles. The number of nitrogens with two attached hydrogens (primary N) is 1. The van der Waals surface area contributed by atoms with Crippen molar-refractivity contribution in [3.8, 4) is 0 Å². The average molecular weight is 339 g/mol. The molecule has 0 aliphatic heterocycles. The minimum absolute atomic E-state index is 0.105. The number of carbonyl (C=O) groups excluding carboxylic acids is 1.